The highest BCUT2D eigenvalue weighted by Crippen LogP contribution is 2.23. The van der Waals surface area contributed by atoms with Crippen molar-refractivity contribution in [2.75, 3.05) is 19.8 Å². The summed E-state index contributed by atoms with van der Waals surface area (Å²) in [5.41, 5.74) is 6.60. The Balaban J connectivity index is 2.05. The highest BCUT2D eigenvalue weighted by Gasteiger charge is 2.18. The van der Waals surface area contributed by atoms with E-state index in [1.165, 1.54) is 5.56 Å². The van der Waals surface area contributed by atoms with Crippen LogP contribution < -0.4 is 5.73 Å². The van der Waals surface area contributed by atoms with Gasteiger partial charge in [0.15, 0.2) is 0 Å². The van der Waals surface area contributed by atoms with Crippen molar-refractivity contribution in [3.63, 3.8) is 0 Å². The lowest BCUT2D eigenvalue weighted by molar-refractivity contribution is 0.194. The third-order valence-corrected chi connectivity index (χ3v) is 2.49. The molecule has 0 saturated carbocycles. The summed E-state index contributed by atoms with van der Waals surface area (Å²) in [6, 6.07) is 0. The standard InChI is InChI=1S/C10H15N3O/c11-3-1-10-12-5-9(6-13-10)8-2-4-14-7-8/h5-6,8H,1-4,7,11H2. The predicted molar refractivity (Wildman–Crippen MR) is 53.0 cm³/mol. The Morgan fingerprint density at radius 3 is 2.79 bits per heavy atom. The number of hydrogen-bond donors (Lipinski definition) is 1. The fourth-order valence-corrected chi connectivity index (χ4v) is 1.63. The smallest absolute Gasteiger partial charge is 0.129 e. The Morgan fingerprint density at radius 2 is 2.21 bits per heavy atom. The maximum absolute atomic E-state index is 5.42. The lowest BCUT2D eigenvalue weighted by Gasteiger charge is -2.06. The molecule has 1 saturated heterocycles. The maximum Gasteiger partial charge on any atom is 0.129 e. The lowest BCUT2D eigenvalue weighted by Crippen LogP contribution is -2.07. The van der Waals surface area contributed by atoms with Crippen LogP contribution in [0.1, 0.15) is 23.7 Å². The SMILES string of the molecule is NCCc1ncc(C2CCOC2)cn1. The van der Waals surface area contributed by atoms with Crippen molar-refractivity contribution >= 4 is 0 Å². The quantitative estimate of drug-likeness (QED) is 0.758. The van der Waals surface area contributed by atoms with Gasteiger partial charge in [0.2, 0.25) is 0 Å². The minimum absolute atomic E-state index is 0.488. The van der Waals surface area contributed by atoms with E-state index >= 15 is 0 Å². The van der Waals surface area contributed by atoms with Gasteiger partial charge < -0.3 is 10.5 Å². The van der Waals surface area contributed by atoms with Gasteiger partial charge in [-0.15, -0.1) is 0 Å². The fourth-order valence-electron chi connectivity index (χ4n) is 1.63. The van der Waals surface area contributed by atoms with Crippen molar-refractivity contribution in [3.05, 3.63) is 23.8 Å². The molecule has 2 rings (SSSR count). The van der Waals surface area contributed by atoms with Gasteiger partial charge in [0.1, 0.15) is 5.82 Å². The molecule has 0 spiro atoms. The summed E-state index contributed by atoms with van der Waals surface area (Å²) in [5.74, 6) is 1.32. The van der Waals surface area contributed by atoms with Gasteiger partial charge in [0.05, 0.1) is 6.61 Å². The van der Waals surface area contributed by atoms with Crippen molar-refractivity contribution in [3.8, 4) is 0 Å². The van der Waals surface area contributed by atoms with Gasteiger partial charge in [-0.3, -0.25) is 0 Å². The van der Waals surface area contributed by atoms with E-state index in [1.54, 1.807) is 0 Å². The van der Waals surface area contributed by atoms with E-state index in [0.29, 0.717) is 12.5 Å². The molecule has 1 aliphatic rings. The van der Waals surface area contributed by atoms with Gasteiger partial charge in [-0.2, -0.15) is 0 Å². The highest BCUT2D eigenvalue weighted by atomic mass is 16.5. The molecule has 1 atom stereocenters. The lowest BCUT2D eigenvalue weighted by atomic mass is 10.0. The number of rotatable bonds is 3. The van der Waals surface area contributed by atoms with E-state index in [2.05, 4.69) is 9.97 Å². The second-order valence-electron chi connectivity index (χ2n) is 3.53. The second-order valence-corrected chi connectivity index (χ2v) is 3.53. The predicted octanol–water partition coefficient (Wildman–Crippen LogP) is 0.482. The summed E-state index contributed by atoms with van der Waals surface area (Å²) in [6.07, 6.45) is 5.63. The Kier molecular flexibility index (Phi) is 3.06. The number of ether oxygens (including phenoxy) is 1. The van der Waals surface area contributed by atoms with Crippen LogP contribution in [-0.4, -0.2) is 29.7 Å². The molecule has 0 amide bonds. The minimum Gasteiger partial charge on any atom is -0.381 e. The van der Waals surface area contributed by atoms with Crippen LogP contribution in [0.15, 0.2) is 12.4 Å². The van der Waals surface area contributed by atoms with Crippen LogP contribution in [0, 0.1) is 0 Å². The van der Waals surface area contributed by atoms with Crippen LogP contribution in [0.4, 0.5) is 0 Å². The summed E-state index contributed by atoms with van der Waals surface area (Å²) in [7, 11) is 0. The Morgan fingerprint density at radius 1 is 1.43 bits per heavy atom. The summed E-state index contributed by atoms with van der Waals surface area (Å²) in [6.45, 7) is 2.26. The number of nitrogens with two attached hydrogens (primary N) is 1. The van der Waals surface area contributed by atoms with Gasteiger partial charge in [0.25, 0.3) is 0 Å². The number of aromatic nitrogens is 2. The molecule has 0 radical (unpaired) electrons. The average Bonchev–Trinajstić information content (AvgIpc) is 2.72. The molecule has 0 aromatic carbocycles. The summed E-state index contributed by atoms with van der Waals surface area (Å²) in [5, 5.41) is 0. The minimum atomic E-state index is 0.488. The molecule has 0 bridgehead atoms. The Bertz CT molecular complexity index is 280. The highest BCUT2D eigenvalue weighted by molar-refractivity contribution is 5.13. The molecule has 4 heteroatoms. The van der Waals surface area contributed by atoms with Crippen molar-refractivity contribution < 1.29 is 4.74 Å². The first-order valence-corrected chi connectivity index (χ1v) is 4.99. The van der Waals surface area contributed by atoms with Crippen molar-refractivity contribution in [1.82, 2.24) is 9.97 Å². The molecule has 2 N–H and O–H groups in total. The number of hydrogen-bond acceptors (Lipinski definition) is 4. The Labute approximate surface area is 83.5 Å². The van der Waals surface area contributed by atoms with Crippen LogP contribution in [0.5, 0.6) is 0 Å². The summed E-state index contributed by atoms with van der Waals surface area (Å²) >= 11 is 0. The van der Waals surface area contributed by atoms with E-state index < -0.39 is 0 Å². The first kappa shape index (κ1) is 9.55. The Hall–Kier alpha value is -1.00. The van der Waals surface area contributed by atoms with Gasteiger partial charge in [-0.1, -0.05) is 0 Å². The first-order chi connectivity index (χ1) is 6.90. The fraction of sp³-hybridized carbons (Fsp3) is 0.600. The number of nitrogens with zero attached hydrogens (tertiary/aromatic N) is 2. The van der Waals surface area contributed by atoms with Crippen LogP contribution in [0.3, 0.4) is 0 Å². The van der Waals surface area contributed by atoms with E-state index in [4.69, 9.17) is 10.5 Å². The summed E-state index contributed by atoms with van der Waals surface area (Å²) in [4.78, 5) is 8.53. The average molecular weight is 193 g/mol. The first-order valence-electron chi connectivity index (χ1n) is 4.99. The molecule has 76 valence electrons. The summed E-state index contributed by atoms with van der Waals surface area (Å²) < 4.78 is 5.31. The van der Waals surface area contributed by atoms with Crippen molar-refractivity contribution in [1.29, 1.82) is 0 Å². The zero-order valence-corrected chi connectivity index (χ0v) is 8.15. The normalized spacial score (nSPS) is 21.4. The van der Waals surface area contributed by atoms with Crippen LogP contribution in [0.2, 0.25) is 0 Å². The molecular formula is C10H15N3O. The third-order valence-electron chi connectivity index (χ3n) is 2.49. The van der Waals surface area contributed by atoms with Gasteiger partial charge in [-0.25, -0.2) is 9.97 Å². The second kappa shape index (κ2) is 4.48. The molecule has 4 nitrogen and oxygen atoms in total. The van der Waals surface area contributed by atoms with E-state index in [-0.39, 0.29) is 0 Å². The molecule has 1 aromatic rings. The molecule has 1 unspecified atom stereocenters. The van der Waals surface area contributed by atoms with Crippen LogP contribution in [0.25, 0.3) is 0 Å². The third kappa shape index (κ3) is 2.08. The largest absolute Gasteiger partial charge is 0.381 e. The van der Waals surface area contributed by atoms with Gasteiger partial charge in [0, 0.05) is 31.3 Å². The molecular weight excluding hydrogens is 178 g/mol. The van der Waals surface area contributed by atoms with Gasteiger partial charge in [-0.05, 0) is 18.5 Å². The maximum atomic E-state index is 5.42. The van der Waals surface area contributed by atoms with Crippen molar-refractivity contribution in [2.24, 2.45) is 5.73 Å². The monoisotopic (exact) mass is 193 g/mol. The molecule has 1 fully saturated rings. The molecule has 1 aliphatic heterocycles. The zero-order chi connectivity index (χ0) is 9.80. The van der Waals surface area contributed by atoms with Crippen molar-refractivity contribution in [2.45, 2.75) is 18.8 Å². The zero-order valence-electron chi connectivity index (χ0n) is 8.15. The van der Waals surface area contributed by atoms with E-state index in [1.807, 2.05) is 12.4 Å². The van der Waals surface area contributed by atoms with Gasteiger partial charge >= 0.3 is 0 Å². The molecule has 1 aromatic heterocycles. The topological polar surface area (TPSA) is 61.0 Å². The van der Waals surface area contributed by atoms with Crippen LogP contribution in [-0.2, 0) is 11.2 Å². The molecule has 2 heterocycles. The van der Waals surface area contributed by atoms with E-state index in [0.717, 1.165) is 31.9 Å². The molecule has 14 heavy (non-hydrogen) atoms. The molecule has 0 aliphatic carbocycles. The van der Waals surface area contributed by atoms with E-state index in [9.17, 15) is 0 Å². The van der Waals surface area contributed by atoms with Crippen LogP contribution >= 0.6 is 0 Å².